The van der Waals surface area contributed by atoms with Gasteiger partial charge < -0.3 is 20.4 Å². The van der Waals surface area contributed by atoms with Crippen molar-refractivity contribution >= 4 is 23.9 Å². The van der Waals surface area contributed by atoms with Gasteiger partial charge in [0.2, 0.25) is 5.41 Å². The standard InChI is InChI=1S/C40H66O8/c1-5-9-10-11-12-13-14-15-16-17-18-19-20-21-22-24-30-37(27-6-2)31-25-23-26-32-39(33(41)42,34(43)44)40(35(45)46,36(47)48)38(37,28-7-3)29-8-4/h6-8,27-29H,5,9-26,30-32H2,1-4H3,(H,41,42)(H,43,44)(H,45,46)(H,47,48). The molecule has 1 saturated carbocycles. The van der Waals surface area contributed by atoms with Crippen LogP contribution in [0.2, 0.25) is 0 Å². The maximum atomic E-state index is 13.6. The van der Waals surface area contributed by atoms with Gasteiger partial charge in [0.15, 0.2) is 5.41 Å². The van der Waals surface area contributed by atoms with Crippen molar-refractivity contribution in [2.45, 2.75) is 169 Å². The first-order valence-electron chi connectivity index (χ1n) is 18.8. The molecule has 0 spiro atoms. The van der Waals surface area contributed by atoms with Crippen LogP contribution in [0.4, 0.5) is 0 Å². The van der Waals surface area contributed by atoms with Crippen molar-refractivity contribution in [3.8, 4) is 0 Å². The molecule has 0 aromatic heterocycles. The van der Waals surface area contributed by atoms with E-state index in [-0.39, 0.29) is 6.42 Å². The van der Waals surface area contributed by atoms with E-state index in [1.54, 1.807) is 39.0 Å². The Labute approximate surface area is 290 Å². The number of hydrogen-bond donors (Lipinski definition) is 4. The zero-order valence-electron chi connectivity index (χ0n) is 30.4. The Morgan fingerprint density at radius 1 is 0.500 bits per heavy atom. The molecule has 1 unspecified atom stereocenters. The van der Waals surface area contributed by atoms with E-state index in [0.29, 0.717) is 32.1 Å². The van der Waals surface area contributed by atoms with Crippen LogP contribution < -0.4 is 0 Å². The number of carbonyl (C=O) groups is 4. The number of rotatable bonds is 24. The Balaban J connectivity index is 3.28. The third-order valence-electron chi connectivity index (χ3n) is 11.0. The Hall–Kier alpha value is -2.90. The van der Waals surface area contributed by atoms with Crippen LogP contribution in [0.1, 0.15) is 169 Å². The molecule has 0 aliphatic heterocycles. The van der Waals surface area contributed by atoms with Crippen molar-refractivity contribution < 1.29 is 39.6 Å². The first-order valence-corrected chi connectivity index (χ1v) is 18.8. The van der Waals surface area contributed by atoms with Gasteiger partial charge in [-0.05, 0) is 40.0 Å². The fraction of sp³-hybridized carbons (Fsp3) is 0.750. The summed E-state index contributed by atoms with van der Waals surface area (Å²) < 4.78 is 0. The molecule has 0 aromatic carbocycles. The molecule has 1 atom stereocenters. The summed E-state index contributed by atoms with van der Waals surface area (Å²) in [6.07, 6.45) is 30.1. The molecule has 0 radical (unpaired) electrons. The molecule has 0 amide bonds. The minimum Gasteiger partial charge on any atom is -0.480 e. The number of unbranched alkanes of at least 4 members (excludes halogenated alkanes) is 15. The lowest BCUT2D eigenvalue weighted by molar-refractivity contribution is -0.210. The molecular formula is C40H66O8. The minimum absolute atomic E-state index is 0.0770. The highest BCUT2D eigenvalue weighted by molar-refractivity contribution is 6.14. The molecule has 0 bridgehead atoms. The molecule has 274 valence electrons. The quantitative estimate of drug-likeness (QED) is 0.0449. The summed E-state index contributed by atoms with van der Waals surface area (Å²) in [6.45, 7) is 7.29. The van der Waals surface area contributed by atoms with Crippen LogP contribution in [0, 0.1) is 21.7 Å². The maximum absolute atomic E-state index is 13.6. The molecule has 0 saturated heterocycles. The van der Waals surface area contributed by atoms with E-state index in [1.165, 1.54) is 82.8 Å². The number of allylic oxidation sites excluding steroid dienone is 6. The minimum atomic E-state index is -3.25. The van der Waals surface area contributed by atoms with Gasteiger partial charge in [0.05, 0.1) is 0 Å². The summed E-state index contributed by atoms with van der Waals surface area (Å²) >= 11 is 0. The van der Waals surface area contributed by atoms with E-state index in [1.807, 2.05) is 6.08 Å². The van der Waals surface area contributed by atoms with E-state index >= 15 is 0 Å². The van der Waals surface area contributed by atoms with Crippen molar-refractivity contribution in [3.63, 3.8) is 0 Å². The van der Waals surface area contributed by atoms with Gasteiger partial charge in [-0.2, -0.15) is 0 Å². The van der Waals surface area contributed by atoms with Gasteiger partial charge in [0, 0.05) is 10.8 Å². The predicted octanol–water partition coefficient (Wildman–Crippen LogP) is 10.6. The third-order valence-corrected chi connectivity index (χ3v) is 11.0. The van der Waals surface area contributed by atoms with Crippen molar-refractivity contribution in [3.05, 3.63) is 36.5 Å². The number of hydrogen-bond acceptors (Lipinski definition) is 4. The number of aliphatic carboxylic acids is 4. The van der Waals surface area contributed by atoms with Crippen LogP contribution in [0.3, 0.4) is 0 Å². The van der Waals surface area contributed by atoms with Crippen molar-refractivity contribution in [2.24, 2.45) is 21.7 Å². The first kappa shape index (κ1) is 43.1. The normalized spacial score (nSPS) is 22.8. The molecule has 48 heavy (non-hydrogen) atoms. The van der Waals surface area contributed by atoms with Gasteiger partial charge in [-0.1, -0.05) is 165 Å². The zero-order chi connectivity index (χ0) is 36.1. The Morgan fingerprint density at radius 2 is 0.875 bits per heavy atom. The molecule has 1 fully saturated rings. The van der Waals surface area contributed by atoms with Crippen molar-refractivity contribution in [1.82, 2.24) is 0 Å². The highest BCUT2D eigenvalue weighted by atomic mass is 16.4. The van der Waals surface area contributed by atoms with Gasteiger partial charge in [-0.25, -0.2) is 0 Å². The van der Waals surface area contributed by atoms with Crippen LogP contribution >= 0.6 is 0 Å². The second kappa shape index (κ2) is 21.9. The average molecular weight is 675 g/mol. The molecule has 1 aliphatic rings. The lowest BCUT2D eigenvalue weighted by Crippen LogP contribution is -2.70. The lowest BCUT2D eigenvalue weighted by Gasteiger charge is -2.57. The SMILES string of the molecule is CC=CC1(CCCCCCCCCCCCCCCCCC)CCCCCC(C(=O)O)(C(=O)O)C(C(=O)O)(C(=O)O)C1(C=CC)C=CC. The van der Waals surface area contributed by atoms with Crippen LogP contribution in [0.25, 0.3) is 0 Å². The number of carboxylic acid groups (broad SMARTS) is 4. The zero-order valence-corrected chi connectivity index (χ0v) is 30.4. The fourth-order valence-corrected chi connectivity index (χ4v) is 8.67. The Morgan fingerprint density at radius 3 is 1.23 bits per heavy atom. The van der Waals surface area contributed by atoms with E-state index in [0.717, 1.165) is 25.7 Å². The molecular weight excluding hydrogens is 608 g/mol. The van der Waals surface area contributed by atoms with Crippen LogP contribution in [0.5, 0.6) is 0 Å². The maximum Gasteiger partial charge on any atom is 0.324 e. The lowest BCUT2D eigenvalue weighted by atomic mass is 9.40. The van der Waals surface area contributed by atoms with E-state index in [9.17, 15) is 39.6 Å². The fourth-order valence-electron chi connectivity index (χ4n) is 8.67. The summed E-state index contributed by atoms with van der Waals surface area (Å²) in [4.78, 5) is 53.5. The second-order valence-electron chi connectivity index (χ2n) is 14.0. The Bertz CT molecular complexity index is 1050. The van der Waals surface area contributed by atoms with Gasteiger partial charge in [-0.3, -0.25) is 19.2 Å². The summed E-state index contributed by atoms with van der Waals surface area (Å²) in [7, 11) is 0. The summed E-state index contributed by atoms with van der Waals surface area (Å²) in [5.41, 5.74) is -9.57. The van der Waals surface area contributed by atoms with E-state index in [2.05, 4.69) is 6.92 Å². The van der Waals surface area contributed by atoms with Crippen LogP contribution in [-0.4, -0.2) is 44.3 Å². The molecule has 4 N–H and O–H groups in total. The van der Waals surface area contributed by atoms with Crippen molar-refractivity contribution in [1.29, 1.82) is 0 Å². The van der Waals surface area contributed by atoms with Gasteiger partial charge in [0.1, 0.15) is 0 Å². The van der Waals surface area contributed by atoms with Gasteiger partial charge >= 0.3 is 23.9 Å². The molecule has 1 rings (SSSR count). The van der Waals surface area contributed by atoms with E-state index < -0.39 is 52.0 Å². The molecule has 8 heteroatoms. The largest absolute Gasteiger partial charge is 0.480 e. The van der Waals surface area contributed by atoms with E-state index in [4.69, 9.17) is 0 Å². The summed E-state index contributed by atoms with van der Waals surface area (Å²) in [6, 6.07) is 0. The second-order valence-corrected chi connectivity index (χ2v) is 14.0. The summed E-state index contributed by atoms with van der Waals surface area (Å²) in [5, 5.41) is 43.2. The predicted molar refractivity (Wildman–Crippen MR) is 192 cm³/mol. The Kier molecular flexibility index (Phi) is 19.7. The van der Waals surface area contributed by atoms with Crippen molar-refractivity contribution in [2.75, 3.05) is 0 Å². The first-order chi connectivity index (χ1) is 23.0. The molecule has 0 heterocycles. The molecule has 0 aromatic rings. The highest BCUT2D eigenvalue weighted by Gasteiger charge is 2.80. The average Bonchev–Trinajstić information content (AvgIpc) is 3.07. The third kappa shape index (κ3) is 9.62. The van der Waals surface area contributed by atoms with Crippen LogP contribution in [-0.2, 0) is 19.2 Å². The topological polar surface area (TPSA) is 149 Å². The van der Waals surface area contributed by atoms with Gasteiger partial charge in [-0.15, -0.1) is 0 Å². The van der Waals surface area contributed by atoms with Gasteiger partial charge in [0.25, 0.3) is 0 Å². The molecule has 1 aliphatic carbocycles. The smallest absolute Gasteiger partial charge is 0.324 e. The highest BCUT2D eigenvalue weighted by Crippen LogP contribution is 2.67. The van der Waals surface area contributed by atoms with Crippen LogP contribution in [0.15, 0.2) is 36.5 Å². The molecule has 8 nitrogen and oxygen atoms in total. The summed E-state index contributed by atoms with van der Waals surface area (Å²) in [5.74, 6) is -7.81. The number of carboxylic acids is 4. The monoisotopic (exact) mass is 674 g/mol.